The first-order valence-electron chi connectivity index (χ1n) is 3.33. The van der Waals surface area contributed by atoms with Crippen LogP contribution in [0.25, 0.3) is 0 Å². The number of hydrogen-bond donors (Lipinski definition) is 2. The van der Waals surface area contributed by atoms with Gasteiger partial charge in [-0.2, -0.15) is 0 Å². The normalized spacial score (nSPS) is 13.5. The summed E-state index contributed by atoms with van der Waals surface area (Å²) in [5.41, 5.74) is 6.90. The molecule has 1 heterocycles. The Morgan fingerprint density at radius 3 is 2.90 bits per heavy atom. The standard InChI is InChI=1S/C7H11IN2/c1-2-6(9)7-3-5(8)4-10-7/h3-4,6,10H,2,9H2,1H3. The number of halogens is 1. The predicted octanol–water partition coefficient (Wildman–Crippen LogP) is 2.03. The minimum atomic E-state index is 0.170. The third-order valence-electron chi connectivity index (χ3n) is 1.51. The van der Waals surface area contributed by atoms with E-state index in [-0.39, 0.29) is 6.04 Å². The maximum Gasteiger partial charge on any atom is 0.0445 e. The third-order valence-corrected chi connectivity index (χ3v) is 2.13. The molecule has 56 valence electrons. The maximum atomic E-state index is 5.77. The first kappa shape index (κ1) is 8.07. The molecular formula is C7H11IN2. The van der Waals surface area contributed by atoms with E-state index in [1.54, 1.807) is 0 Å². The molecule has 1 unspecified atom stereocenters. The van der Waals surface area contributed by atoms with Gasteiger partial charge in [0.15, 0.2) is 0 Å². The van der Waals surface area contributed by atoms with Crippen molar-refractivity contribution >= 4 is 22.6 Å². The molecule has 3 heteroatoms. The summed E-state index contributed by atoms with van der Waals surface area (Å²) >= 11 is 2.26. The minimum absolute atomic E-state index is 0.170. The lowest BCUT2D eigenvalue weighted by Crippen LogP contribution is -2.08. The Labute approximate surface area is 74.3 Å². The van der Waals surface area contributed by atoms with E-state index < -0.39 is 0 Å². The summed E-state index contributed by atoms with van der Waals surface area (Å²) in [5.74, 6) is 0. The summed E-state index contributed by atoms with van der Waals surface area (Å²) in [6.45, 7) is 2.08. The largest absolute Gasteiger partial charge is 0.363 e. The number of nitrogens with two attached hydrogens (primary N) is 1. The Bertz CT molecular complexity index is 207. The summed E-state index contributed by atoms with van der Waals surface area (Å²) in [6.07, 6.45) is 2.95. The van der Waals surface area contributed by atoms with Gasteiger partial charge in [0, 0.05) is 21.5 Å². The van der Waals surface area contributed by atoms with Crippen molar-refractivity contribution in [3.63, 3.8) is 0 Å². The highest BCUT2D eigenvalue weighted by atomic mass is 127. The second-order valence-corrected chi connectivity index (χ2v) is 3.53. The molecule has 0 saturated heterocycles. The molecule has 0 aliphatic heterocycles. The molecule has 0 amide bonds. The first-order valence-corrected chi connectivity index (χ1v) is 4.41. The van der Waals surface area contributed by atoms with Crippen molar-refractivity contribution in [3.05, 3.63) is 21.5 Å². The van der Waals surface area contributed by atoms with E-state index in [1.807, 2.05) is 6.20 Å². The van der Waals surface area contributed by atoms with Gasteiger partial charge in [-0.3, -0.25) is 0 Å². The van der Waals surface area contributed by atoms with Gasteiger partial charge in [0.2, 0.25) is 0 Å². The number of nitrogens with one attached hydrogen (secondary N) is 1. The van der Waals surface area contributed by atoms with Gasteiger partial charge in [0.1, 0.15) is 0 Å². The van der Waals surface area contributed by atoms with E-state index in [0.29, 0.717) is 0 Å². The Balaban J connectivity index is 2.74. The fraction of sp³-hybridized carbons (Fsp3) is 0.429. The van der Waals surface area contributed by atoms with Gasteiger partial charge in [-0.15, -0.1) is 0 Å². The van der Waals surface area contributed by atoms with Crippen LogP contribution in [0.4, 0.5) is 0 Å². The number of H-pyrrole nitrogens is 1. The molecule has 2 nitrogen and oxygen atoms in total. The molecule has 0 saturated carbocycles. The van der Waals surface area contributed by atoms with Crippen molar-refractivity contribution in [2.45, 2.75) is 19.4 Å². The second kappa shape index (κ2) is 3.39. The Kier molecular flexibility index (Phi) is 2.73. The average molecular weight is 250 g/mol. The second-order valence-electron chi connectivity index (χ2n) is 2.29. The van der Waals surface area contributed by atoms with Crippen LogP contribution in [0.2, 0.25) is 0 Å². The Morgan fingerprint density at radius 2 is 2.50 bits per heavy atom. The van der Waals surface area contributed by atoms with Gasteiger partial charge in [0.25, 0.3) is 0 Å². The molecule has 1 atom stereocenters. The zero-order chi connectivity index (χ0) is 7.56. The fourth-order valence-corrected chi connectivity index (χ4v) is 1.31. The van der Waals surface area contributed by atoms with Crippen LogP contribution in [0.15, 0.2) is 12.3 Å². The molecule has 0 spiro atoms. The van der Waals surface area contributed by atoms with Crippen molar-refractivity contribution in [3.8, 4) is 0 Å². The van der Waals surface area contributed by atoms with Gasteiger partial charge >= 0.3 is 0 Å². The first-order chi connectivity index (χ1) is 4.74. The quantitative estimate of drug-likeness (QED) is 0.775. The van der Waals surface area contributed by atoms with Crippen LogP contribution in [0.5, 0.6) is 0 Å². The number of hydrogen-bond acceptors (Lipinski definition) is 1. The van der Waals surface area contributed by atoms with Crippen LogP contribution in [-0.4, -0.2) is 4.98 Å². The molecule has 1 aromatic heterocycles. The predicted molar refractivity (Wildman–Crippen MR) is 50.7 cm³/mol. The van der Waals surface area contributed by atoms with Crippen LogP contribution < -0.4 is 5.73 Å². The van der Waals surface area contributed by atoms with Crippen molar-refractivity contribution in [2.75, 3.05) is 0 Å². The number of aromatic nitrogens is 1. The SMILES string of the molecule is CCC(N)c1cc(I)c[nH]1. The van der Waals surface area contributed by atoms with Gasteiger partial charge in [0.05, 0.1) is 0 Å². The fourth-order valence-electron chi connectivity index (χ4n) is 0.818. The lowest BCUT2D eigenvalue weighted by atomic mass is 10.2. The molecule has 0 fully saturated rings. The van der Waals surface area contributed by atoms with Gasteiger partial charge in [-0.25, -0.2) is 0 Å². The molecule has 1 aromatic rings. The lowest BCUT2D eigenvalue weighted by Gasteiger charge is -2.03. The summed E-state index contributed by atoms with van der Waals surface area (Å²) in [6, 6.07) is 2.25. The number of rotatable bonds is 2. The van der Waals surface area contributed by atoms with Gasteiger partial charge < -0.3 is 10.7 Å². The van der Waals surface area contributed by atoms with Crippen LogP contribution in [0, 0.1) is 3.57 Å². The molecule has 0 radical (unpaired) electrons. The van der Waals surface area contributed by atoms with Crippen LogP contribution >= 0.6 is 22.6 Å². The summed E-state index contributed by atoms with van der Waals surface area (Å²) in [4.78, 5) is 3.12. The van der Waals surface area contributed by atoms with Gasteiger partial charge in [-0.1, -0.05) is 6.92 Å². The summed E-state index contributed by atoms with van der Waals surface area (Å²) in [5, 5.41) is 0. The molecule has 3 N–H and O–H groups in total. The van der Waals surface area contributed by atoms with Crippen molar-refractivity contribution < 1.29 is 0 Å². The van der Waals surface area contributed by atoms with Crippen molar-refractivity contribution in [2.24, 2.45) is 5.73 Å². The Hall–Kier alpha value is -0.0300. The van der Waals surface area contributed by atoms with E-state index in [2.05, 4.69) is 40.6 Å². The maximum absolute atomic E-state index is 5.77. The Morgan fingerprint density at radius 1 is 1.80 bits per heavy atom. The van der Waals surface area contributed by atoms with E-state index >= 15 is 0 Å². The van der Waals surface area contributed by atoms with E-state index in [0.717, 1.165) is 12.1 Å². The lowest BCUT2D eigenvalue weighted by molar-refractivity contribution is 0.680. The zero-order valence-corrected chi connectivity index (χ0v) is 8.05. The molecule has 0 aliphatic carbocycles. The monoisotopic (exact) mass is 250 g/mol. The topological polar surface area (TPSA) is 41.8 Å². The van der Waals surface area contributed by atoms with Gasteiger partial charge in [-0.05, 0) is 35.1 Å². The molecule has 0 aromatic carbocycles. The molecule has 1 rings (SSSR count). The highest BCUT2D eigenvalue weighted by molar-refractivity contribution is 14.1. The average Bonchev–Trinajstić information content (AvgIpc) is 2.34. The van der Waals surface area contributed by atoms with Crippen molar-refractivity contribution in [1.82, 2.24) is 4.98 Å². The number of aromatic amines is 1. The minimum Gasteiger partial charge on any atom is -0.363 e. The van der Waals surface area contributed by atoms with E-state index in [1.165, 1.54) is 3.57 Å². The zero-order valence-electron chi connectivity index (χ0n) is 5.89. The van der Waals surface area contributed by atoms with Crippen LogP contribution in [0.3, 0.4) is 0 Å². The van der Waals surface area contributed by atoms with E-state index in [4.69, 9.17) is 5.73 Å². The molecular weight excluding hydrogens is 239 g/mol. The molecule has 0 aliphatic rings. The smallest absolute Gasteiger partial charge is 0.0445 e. The van der Waals surface area contributed by atoms with Crippen molar-refractivity contribution in [1.29, 1.82) is 0 Å². The van der Waals surface area contributed by atoms with E-state index in [9.17, 15) is 0 Å². The molecule has 10 heavy (non-hydrogen) atoms. The molecule has 0 bridgehead atoms. The summed E-state index contributed by atoms with van der Waals surface area (Å²) < 4.78 is 1.22. The third kappa shape index (κ3) is 1.73. The highest BCUT2D eigenvalue weighted by Crippen LogP contribution is 2.14. The van der Waals surface area contributed by atoms with Crippen LogP contribution in [0.1, 0.15) is 25.1 Å². The summed E-state index contributed by atoms with van der Waals surface area (Å²) in [7, 11) is 0. The van der Waals surface area contributed by atoms with Crippen LogP contribution in [-0.2, 0) is 0 Å². The highest BCUT2D eigenvalue weighted by Gasteiger charge is 2.03.